The van der Waals surface area contributed by atoms with Gasteiger partial charge in [-0.3, -0.25) is 0 Å². The summed E-state index contributed by atoms with van der Waals surface area (Å²) in [5, 5.41) is 11.7. The lowest BCUT2D eigenvalue weighted by Gasteiger charge is -2.07. The Bertz CT molecular complexity index is 261. The Hall–Kier alpha value is -1.26. The predicted octanol–water partition coefficient (Wildman–Crippen LogP) is 1.12. The van der Waals surface area contributed by atoms with Crippen molar-refractivity contribution in [2.45, 2.75) is 0 Å². The molecule has 0 spiro atoms. The molecule has 1 aromatic rings. The standard InChI is InChI=1S/C11H17NO3/c1-14-11-4-2-10(3-5-11)12-6-8-15-9-7-13/h2-5,12-13H,6-9H2,1H3. The van der Waals surface area contributed by atoms with Crippen LogP contribution in [0, 0.1) is 0 Å². The lowest BCUT2D eigenvalue weighted by Crippen LogP contribution is -2.11. The van der Waals surface area contributed by atoms with Crippen molar-refractivity contribution >= 4 is 5.69 Å². The van der Waals surface area contributed by atoms with E-state index in [1.807, 2.05) is 24.3 Å². The van der Waals surface area contributed by atoms with Crippen LogP contribution in [0.4, 0.5) is 5.69 Å². The van der Waals surface area contributed by atoms with Gasteiger partial charge in [-0.1, -0.05) is 0 Å². The number of aliphatic hydroxyl groups is 1. The lowest BCUT2D eigenvalue weighted by atomic mass is 10.3. The first-order valence-corrected chi connectivity index (χ1v) is 4.93. The first-order valence-electron chi connectivity index (χ1n) is 4.93. The van der Waals surface area contributed by atoms with Crippen molar-refractivity contribution in [2.75, 3.05) is 38.8 Å². The highest BCUT2D eigenvalue weighted by Crippen LogP contribution is 2.14. The minimum Gasteiger partial charge on any atom is -0.497 e. The number of benzene rings is 1. The Labute approximate surface area is 89.8 Å². The molecule has 0 aliphatic heterocycles. The minimum absolute atomic E-state index is 0.0720. The second-order valence-corrected chi connectivity index (χ2v) is 2.99. The molecule has 15 heavy (non-hydrogen) atoms. The highest BCUT2D eigenvalue weighted by atomic mass is 16.5. The van der Waals surface area contributed by atoms with Gasteiger partial charge >= 0.3 is 0 Å². The SMILES string of the molecule is COc1ccc(NCCOCCO)cc1. The van der Waals surface area contributed by atoms with Gasteiger partial charge in [-0.05, 0) is 24.3 Å². The first kappa shape index (κ1) is 11.8. The fourth-order valence-corrected chi connectivity index (χ4v) is 1.14. The Balaban J connectivity index is 2.20. The van der Waals surface area contributed by atoms with Gasteiger partial charge in [0.05, 0.1) is 26.9 Å². The zero-order chi connectivity index (χ0) is 10.9. The second-order valence-electron chi connectivity index (χ2n) is 2.99. The Morgan fingerprint density at radius 2 is 1.93 bits per heavy atom. The van der Waals surface area contributed by atoms with E-state index in [9.17, 15) is 0 Å². The zero-order valence-electron chi connectivity index (χ0n) is 8.90. The van der Waals surface area contributed by atoms with E-state index >= 15 is 0 Å². The number of aliphatic hydroxyl groups excluding tert-OH is 1. The smallest absolute Gasteiger partial charge is 0.119 e. The van der Waals surface area contributed by atoms with E-state index in [4.69, 9.17) is 14.6 Å². The second kappa shape index (κ2) is 7.09. The van der Waals surface area contributed by atoms with E-state index in [0.29, 0.717) is 13.2 Å². The molecule has 1 rings (SSSR count). The largest absolute Gasteiger partial charge is 0.497 e. The number of rotatable bonds is 7. The topological polar surface area (TPSA) is 50.7 Å². The van der Waals surface area contributed by atoms with Crippen LogP contribution in [0.25, 0.3) is 0 Å². The van der Waals surface area contributed by atoms with Gasteiger partial charge in [-0.25, -0.2) is 0 Å². The lowest BCUT2D eigenvalue weighted by molar-refractivity contribution is 0.0992. The fraction of sp³-hybridized carbons (Fsp3) is 0.455. The molecule has 0 bridgehead atoms. The number of anilines is 1. The molecule has 2 N–H and O–H groups in total. The van der Waals surface area contributed by atoms with Crippen molar-refractivity contribution < 1.29 is 14.6 Å². The maximum absolute atomic E-state index is 8.48. The molecule has 0 atom stereocenters. The molecule has 0 aromatic heterocycles. The summed E-state index contributed by atoms with van der Waals surface area (Å²) >= 11 is 0. The molecular formula is C11H17NO3. The van der Waals surface area contributed by atoms with Gasteiger partial charge < -0.3 is 19.9 Å². The monoisotopic (exact) mass is 211 g/mol. The molecule has 0 aliphatic rings. The molecule has 0 heterocycles. The van der Waals surface area contributed by atoms with Crippen LogP contribution in [0.15, 0.2) is 24.3 Å². The van der Waals surface area contributed by atoms with Gasteiger partial charge in [0.1, 0.15) is 5.75 Å². The third-order valence-electron chi connectivity index (χ3n) is 1.90. The number of methoxy groups -OCH3 is 1. The Morgan fingerprint density at radius 1 is 1.20 bits per heavy atom. The molecule has 1 aromatic carbocycles. The number of hydrogen-bond acceptors (Lipinski definition) is 4. The average Bonchev–Trinajstić information content (AvgIpc) is 2.30. The van der Waals surface area contributed by atoms with Crippen molar-refractivity contribution in [3.63, 3.8) is 0 Å². The van der Waals surface area contributed by atoms with E-state index < -0.39 is 0 Å². The van der Waals surface area contributed by atoms with Crippen LogP contribution in [0.3, 0.4) is 0 Å². The molecule has 0 fully saturated rings. The molecule has 0 radical (unpaired) electrons. The molecule has 0 saturated heterocycles. The summed E-state index contributed by atoms with van der Waals surface area (Å²) < 4.78 is 10.2. The summed E-state index contributed by atoms with van der Waals surface area (Å²) in [6, 6.07) is 7.70. The number of hydrogen-bond donors (Lipinski definition) is 2. The van der Waals surface area contributed by atoms with Crippen LogP contribution in [-0.4, -0.2) is 38.6 Å². The van der Waals surface area contributed by atoms with E-state index in [1.165, 1.54) is 0 Å². The molecule has 0 unspecified atom stereocenters. The van der Waals surface area contributed by atoms with Crippen molar-refractivity contribution in [3.05, 3.63) is 24.3 Å². The molecule has 84 valence electrons. The summed E-state index contributed by atoms with van der Waals surface area (Å²) in [4.78, 5) is 0. The average molecular weight is 211 g/mol. The van der Waals surface area contributed by atoms with E-state index in [2.05, 4.69) is 5.32 Å². The summed E-state index contributed by atoms with van der Waals surface area (Å²) in [6.45, 7) is 1.78. The molecule has 4 heteroatoms. The zero-order valence-corrected chi connectivity index (χ0v) is 8.90. The maximum atomic E-state index is 8.48. The van der Waals surface area contributed by atoms with Gasteiger partial charge in [-0.15, -0.1) is 0 Å². The summed E-state index contributed by atoms with van der Waals surface area (Å²) in [5.74, 6) is 0.845. The van der Waals surface area contributed by atoms with Crippen LogP contribution < -0.4 is 10.1 Å². The maximum Gasteiger partial charge on any atom is 0.119 e. The van der Waals surface area contributed by atoms with E-state index in [-0.39, 0.29) is 6.61 Å². The highest BCUT2D eigenvalue weighted by Gasteiger charge is 1.93. The summed E-state index contributed by atoms with van der Waals surface area (Å²) in [7, 11) is 1.64. The van der Waals surface area contributed by atoms with Crippen LogP contribution in [0.5, 0.6) is 5.75 Å². The fourth-order valence-electron chi connectivity index (χ4n) is 1.14. The Morgan fingerprint density at radius 3 is 2.53 bits per heavy atom. The molecule has 0 aliphatic carbocycles. The van der Waals surface area contributed by atoms with E-state index in [0.717, 1.165) is 18.0 Å². The van der Waals surface area contributed by atoms with Crippen molar-refractivity contribution in [1.29, 1.82) is 0 Å². The predicted molar refractivity (Wildman–Crippen MR) is 59.4 cm³/mol. The summed E-state index contributed by atoms with van der Waals surface area (Å²) in [5.41, 5.74) is 1.03. The molecule has 0 amide bonds. The normalized spacial score (nSPS) is 10.0. The number of nitrogens with one attached hydrogen (secondary N) is 1. The summed E-state index contributed by atoms with van der Waals surface area (Å²) in [6.07, 6.45) is 0. The highest BCUT2D eigenvalue weighted by molar-refractivity contribution is 5.46. The molecular weight excluding hydrogens is 194 g/mol. The van der Waals surface area contributed by atoms with Crippen molar-refractivity contribution in [1.82, 2.24) is 0 Å². The number of ether oxygens (including phenoxy) is 2. The van der Waals surface area contributed by atoms with Gasteiger partial charge in [0.25, 0.3) is 0 Å². The van der Waals surface area contributed by atoms with Gasteiger partial charge in [0.2, 0.25) is 0 Å². The van der Waals surface area contributed by atoms with Crippen LogP contribution >= 0.6 is 0 Å². The molecule has 4 nitrogen and oxygen atoms in total. The van der Waals surface area contributed by atoms with Crippen LogP contribution in [-0.2, 0) is 4.74 Å². The Kier molecular flexibility index (Phi) is 5.58. The van der Waals surface area contributed by atoms with Gasteiger partial charge in [0, 0.05) is 12.2 Å². The van der Waals surface area contributed by atoms with Gasteiger partial charge in [-0.2, -0.15) is 0 Å². The first-order chi connectivity index (χ1) is 7.36. The van der Waals surface area contributed by atoms with Gasteiger partial charge in [0.15, 0.2) is 0 Å². The quantitative estimate of drug-likeness (QED) is 0.663. The molecule has 0 saturated carbocycles. The minimum atomic E-state index is 0.0720. The third-order valence-corrected chi connectivity index (χ3v) is 1.90. The van der Waals surface area contributed by atoms with Crippen LogP contribution in [0.2, 0.25) is 0 Å². The van der Waals surface area contributed by atoms with Crippen molar-refractivity contribution in [3.8, 4) is 5.75 Å². The van der Waals surface area contributed by atoms with Crippen LogP contribution in [0.1, 0.15) is 0 Å². The third kappa shape index (κ3) is 4.67. The van der Waals surface area contributed by atoms with E-state index in [1.54, 1.807) is 7.11 Å². The van der Waals surface area contributed by atoms with Crippen molar-refractivity contribution in [2.24, 2.45) is 0 Å².